The number of sulfonamides is 1. The smallest absolute Gasteiger partial charge is 0.260 e. The van der Waals surface area contributed by atoms with E-state index in [1.807, 2.05) is 26.0 Å². The van der Waals surface area contributed by atoms with E-state index in [0.29, 0.717) is 35.4 Å². The molecule has 2 atom stereocenters. The predicted molar refractivity (Wildman–Crippen MR) is 144 cm³/mol. The first kappa shape index (κ1) is 25.6. The molecule has 0 saturated carbocycles. The number of nitrogens with zero attached hydrogens (tertiary/aromatic N) is 3. The Hall–Kier alpha value is -2.04. The van der Waals surface area contributed by atoms with Gasteiger partial charge in [0.1, 0.15) is 0 Å². The van der Waals surface area contributed by atoms with Gasteiger partial charge in [-0.1, -0.05) is 29.4 Å². The third kappa shape index (κ3) is 5.04. The second kappa shape index (κ2) is 10.4. The van der Waals surface area contributed by atoms with Crippen LogP contribution in [0.15, 0.2) is 41.3 Å². The number of carbonyl (C=O) groups is 1. The van der Waals surface area contributed by atoms with Gasteiger partial charge in [-0.3, -0.25) is 9.69 Å². The van der Waals surface area contributed by atoms with E-state index >= 15 is 0 Å². The Labute approximate surface area is 221 Å². The highest BCUT2D eigenvalue weighted by Crippen LogP contribution is 2.34. The number of amides is 1. The van der Waals surface area contributed by atoms with Crippen molar-refractivity contribution >= 4 is 54.2 Å². The van der Waals surface area contributed by atoms with Crippen LogP contribution in [-0.2, 0) is 14.8 Å². The van der Waals surface area contributed by atoms with Crippen LogP contribution in [0.4, 0.5) is 5.13 Å². The number of benzene rings is 2. The number of aromatic nitrogens is 1. The molecule has 2 fully saturated rings. The van der Waals surface area contributed by atoms with E-state index in [1.165, 1.54) is 23.5 Å². The summed E-state index contributed by atoms with van der Waals surface area (Å²) in [5.74, 6) is -0.233. The van der Waals surface area contributed by atoms with Crippen LogP contribution < -0.4 is 4.90 Å². The van der Waals surface area contributed by atoms with Gasteiger partial charge in [-0.2, -0.15) is 4.31 Å². The lowest BCUT2D eigenvalue weighted by atomic mass is 10.1. The number of fused-ring (bicyclic) bond motifs is 1. The molecule has 1 aromatic heterocycles. The molecule has 0 aliphatic carbocycles. The summed E-state index contributed by atoms with van der Waals surface area (Å²) >= 11 is 7.67. The summed E-state index contributed by atoms with van der Waals surface area (Å²) in [5.41, 5.74) is 2.18. The quantitative estimate of drug-likeness (QED) is 0.398. The van der Waals surface area contributed by atoms with Crippen LogP contribution in [0.1, 0.15) is 54.9 Å². The fourth-order valence-corrected chi connectivity index (χ4v) is 8.11. The number of aryl methyl sites for hydroxylation is 1. The van der Waals surface area contributed by atoms with Gasteiger partial charge in [-0.15, -0.1) is 0 Å². The molecule has 0 radical (unpaired) electrons. The summed E-state index contributed by atoms with van der Waals surface area (Å²) in [4.78, 5) is 20.4. The Balaban J connectivity index is 1.45. The molecule has 2 aromatic carbocycles. The number of carbonyl (C=O) groups excluding carboxylic acids is 1. The number of hydrogen-bond acceptors (Lipinski definition) is 6. The molecule has 3 heterocycles. The molecule has 5 rings (SSSR count). The molecule has 0 N–H and O–H groups in total. The van der Waals surface area contributed by atoms with E-state index in [1.54, 1.807) is 21.3 Å². The van der Waals surface area contributed by atoms with Gasteiger partial charge < -0.3 is 4.74 Å². The number of anilines is 1. The Morgan fingerprint density at radius 2 is 1.97 bits per heavy atom. The number of rotatable bonds is 6. The zero-order valence-electron chi connectivity index (χ0n) is 20.4. The second-order valence-corrected chi connectivity index (χ2v) is 12.9. The van der Waals surface area contributed by atoms with Crippen molar-refractivity contribution in [2.24, 2.45) is 0 Å². The second-order valence-electron chi connectivity index (χ2n) is 9.60. The SMILES string of the molecule is Cc1cc(Cl)cc2sc(N(CC3CCCO3)C(=O)c3ccc(S(=O)(=O)N4CCCCC4C)cc3)nc12. The third-order valence-corrected chi connectivity index (χ3v) is 10.2. The van der Waals surface area contributed by atoms with Crippen molar-refractivity contribution in [3.05, 3.63) is 52.5 Å². The normalized spacial score (nSPS) is 21.2. The topological polar surface area (TPSA) is 79.8 Å². The van der Waals surface area contributed by atoms with Crippen molar-refractivity contribution in [1.82, 2.24) is 9.29 Å². The average molecular weight is 548 g/mol. The molecule has 7 nitrogen and oxygen atoms in total. The maximum atomic E-state index is 13.7. The molecule has 0 bridgehead atoms. The summed E-state index contributed by atoms with van der Waals surface area (Å²) in [6.07, 6.45) is 4.55. The van der Waals surface area contributed by atoms with Gasteiger partial charge in [0.25, 0.3) is 5.91 Å². The third-order valence-electron chi connectivity index (χ3n) is 6.98. The summed E-state index contributed by atoms with van der Waals surface area (Å²) in [6, 6.07) is 9.97. The predicted octanol–water partition coefficient (Wildman–Crippen LogP) is 5.65. The Morgan fingerprint density at radius 1 is 1.19 bits per heavy atom. The highest BCUT2D eigenvalue weighted by Gasteiger charge is 2.32. The molecule has 2 aliphatic heterocycles. The summed E-state index contributed by atoms with van der Waals surface area (Å²) in [7, 11) is -3.61. The maximum absolute atomic E-state index is 13.7. The molecule has 3 aromatic rings. The van der Waals surface area contributed by atoms with Crippen molar-refractivity contribution in [3.8, 4) is 0 Å². The average Bonchev–Trinajstić information content (AvgIpc) is 3.52. The summed E-state index contributed by atoms with van der Waals surface area (Å²) < 4.78 is 34.8. The fraction of sp³-hybridized carbons (Fsp3) is 0.462. The standard InChI is InChI=1S/C26H30ClN3O4S2/c1-17-14-20(27)15-23-24(17)28-26(35-23)29(16-21-7-5-13-34-21)25(31)19-8-10-22(11-9-19)36(32,33)30-12-4-3-6-18(30)2/h8-11,14-15,18,21H,3-7,12-13,16H2,1-2H3. The number of piperidine rings is 1. The summed E-state index contributed by atoms with van der Waals surface area (Å²) in [5, 5.41) is 1.21. The van der Waals surface area contributed by atoms with Crippen LogP contribution >= 0.6 is 22.9 Å². The highest BCUT2D eigenvalue weighted by atomic mass is 35.5. The lowest BCUT2D eigenvalue weighted by molar-refractivity contribution is 0.0917. The Morgan fingerprint density at radius 3 is 2.67 bits per heavy atom. The molecular weight excluding hydrogens is 518 g/mol. The van der Waals surface area contributed by atoms with Crippen LogP contribution in [0, 0.1) is 6.92 Å². The van der Waals surface area contributed by atoms with E-state index < -0.39 is 10.0 Å². The van der Waals surface area contributed by atoms with E-state index in [2.05, 4.69) is 0 Å². The molecule has 36 heavy (non-hydrogen) atoms. The molecule has 2 aliphatic rings. The minimum absolute atomic E-state index is 0.0250. The Bertz CT molecular complexity index is 1370. The van der Waals surface area contributed by atoms with Gasteiger partial charge in [-0.25, -0.2) is 13.4 Å². The van der Waals surface area contributed by atoms with E-state index in [-0.39, 0.29) is 22.9 Å². The number of hydrogen-bond donors (Lipinski definition) is 0. The van der Waals surface area contributed by atoms with Crippen molar-refractivity contribution < 1.29 is 17.9 Å². The molecule has 0 spiro atoms. The van der Waals surface area contributed by atoms with Gasteiger partial charge in [0.15, 0.2) is 5.13 Å². The number of halogens is 1. The minimum atomic E-state index is -3.61. The van der Waals surface area contributed by atoms with Gasteiger partial charge >= 0.3 is 0 Å². The Kier molecular flexibility index (Phi) is 7.38. The molecule has 10 heteroatoms. The maximum Gasteiger partial charge on any atom is 0.260 e. The van der Waals surface area contributed by atoms with Gasteiger partial charge in [0.2, 0.25) is 10.0 Å². The zero-order chi connectivity index (χ0) is 25.4. The monoisotopic (exact) mass is 547 g/mol. The van der Waals surface area contributed by atoms with Crippen LogP contribution in [-0.4, -0.2) is 55.5 Å². The first-order valence-corrected chi connectivity index (χ1v) is 15.0. The zero-order valence-corrected chi connectivity index (χ0v) is 22.8. The van der Waals surface area contributed by atoms with Crippen LogP contribution in [0.5, 0.6) is 0 Å². The first-order valence-electron chi connectivity index (χ1n) is 12.4. The van der Waals surface area contributed by atoms with Crippen molar-refractivity contribution in [2.75, 3.05) is 24.6 Å². The first-order chi connectivity index (χ1) is 17.2. The molecule has 1 amide bonds. The fourth-order valence-electron chi connectivity index (χ4n) is 4.99. The van der Waals surface area contributed by atoms with Crippen molar-refractivity contribution in [3.63, 3.8) is 0 Å². The van der Waals surface area contributed by atoms with Gasteiger partial charge in [0.05, 0.1) is 27.8 Å². The summed E-state index contributed by atoms with van der Waals surface area (Å²) in [6.45, 7) is 5.50. The molecule has 2 saturated heterocycles. The van der Waals surface area contributed by atoms with Crippen LogP contribution in [0.25, 0.3) is 10.2 Å². The van der Waals surface area contributed by atoms with Crippen molar-refractivity contribution in [2.45, 2.75) is 63.0 Å². The van der Waals surface area contributed by atoms with Gasteiger partial charge in [-0.05, 0) is 81.5 Å². The number of ether oxygens (including phenoxy) is 1. The van der Waals surface area contributed by atoms with Gasteiger partial charge in [0, 0.05) is 29.8 Å². The lowest BCUT2D eigenvalue weighted by Crippen LogP contribution is -2.42. The van der Waals surface area contributed by atoms with Crippen LogP contribution in [0.2, 0.25) is 5.02 Å². The molecule has 192 valence electrons. The van der Waals surface area contributed by atoms with Crippen LogP contribution in [0.3, 0.4) is 0 Å². The molecule has 2 unspecified atom stereocenters. The molecular formula is C26H30ClN3O4S2. The highest BCUT2D eigenvalue weighted by molar-refractivity contribution is 7.89. The largest absolute Gasteiger partial charge is 0.376 e. The minimum Gasteiger partial charge on any atom is -0.376 e. The van der Waals surface area contributed by atoms with Crippen molar-refractivity contribution in [1.29, 1.82) is 0 Å². The van der Waals surface area contributed by atoms with E-state index in [4.69, 9.17) is 21.3 Å². The van der Waals surface area contributed by atoms with E-state index in [0.717, 1.165) is 47.9 Å². The number of thiazole rings is 1. The lowest BCUT2D eigenvalue weighted by Gasteiger charge is -2.32. The van der Waals surface area contributed by atoms with E-state index in [9.17, 15) is 13.2 Å².